The molecule has 0 aliphatic heterocycles. The number of anilines is 1. The lowest BCUT2D eigenvalue weighted by molar-refractivity contribution is -0.254. The van der Waals surface area contributed by atoms with E-state index >= 15 is 0 Å². The summed E-state index contributed by atoms with van der Waals surface area (Å²) >= 11 is 1.33. The van der Waals surface area contributed by atoms with Gasteiger partial charge in [-0.05, 0) is 43.4 Å². The van der Waals surface area contributed by atoms with Crippen molar-refractivity contribution < 1.29 is 19.4 Å². The minimum absolute atomic E-state index is 0.132. The molecular formula is C17H16NO4S-. The molecule has 0 unspecified atom stereocenters. The Morgan fingerprint density at radius 3 is 2.70 bits per heavy atom. The van der Waals surface area contributed by atoms with Crippen LogP contribution in [-0.4, -0.2) is 19.0 Å². The molecule has 1 aliphatic rings. The summed E-state index contributed by atoms with van der Waals surface area (Å²) in [5, 5.41) is 14.6. The van der Waals surface area contributed by atoms with Gasteiger partial charge in [-0.25, -0.2) is 0 Å². The van der Waals surface area contributed by atoms with Gasteiger partial charge in [0.15, 0.2) is 0 Å². The van der Waals surface area contributed by atoms with Crippen LogP contribution in [-0.2, 0) is 12.8 Å². The highest BCUT2D eigenvalue weighted by Crippen LogP contribution is 2.38. The number of rotatable bonds is 4. The number of aromatic carboxylic acids is 1. The lowest BCUT2D eigenvalue weighted by Crippen LogP contribution is -2.25. The largest absolute Gasteiger partial charge is 0.545 e. The molecule has 23 heavy (non-hydrogen) atoms. The van der Waals surface area contributed by atoms with Crippen molar-refractivity contribution in [3.05, 3.63) is 45.8 Å². The first-order valence-corrected chi connectivity index (χ1v) is 8.23. The predicted molar refractivity (Wildman–Crippen MR) is 86.2 cm³/mol. The smallest absolute Gasteiger partial charge is 0.260 e. The molecule has 0 saturated heterocycles. The second-order valence-electron chi connectivity index (χ2n) is 5.36. The standard InChI is InChI=1S/C17H17NO4S/c1-22-12-8-4-2-6-10(12)15(19)18-16-14(17(20)21)11-7-3-5-9-13(11)23-16/h2,4,6,8H,3,5,7,9H2,1H3,(H,18,19)(H,20,21)/p-1. The molecule has 0 fully saturated rings. The van der Waals surface area contributed by atoms with E-state index < -0.39 is 5.97 Å². The average Bonchev–Trinajstić information content (AvgIpc) is 2.92. The minimum atomic E-state index is -1.24. The number of carbonyl (C=O) groups is 2. The fourth-order valence-corrected chi connectivity index (χ4v) is 4.15. The van der Waals surface area contributed by atoms with Crippen LogP contribution < -0.4 is 15.2 Å². The predicted octanol–water partition coefficient (Wildman–Crippen LogP) is 2.25. The number of carbonyl (C=O) groups excluding carboxylic acids is 2. The van der Waals surface area contributed by atoms with Crippen molar-refractivity contribution in [2.45, 2.75) is 25.7 Å². The maximum Gasteiger partial charge on any atom is 0.260 e. The summed E-state index contributed by atoms with van der Waals surface area (Å²) in [5.41, 5.74) is 1.31. The zero-order valence-corrected chi connectivity index (χ0v) is 13.5. The van der Waals surface area contributed by atoms with Crippen LogP contribution in [0, 0.1) is 0 Å². The van der Waals surface area contributed by atoms with Crippen molar-refractivity contribution in [1.82, 2.24) is 0 Å². The third kappa shape index (κ3) is 2.94. The Kier molecular flexibility index (Phi) is 4.34. The zero-order chi connectivity index (χ0) is 16.4. The molecule has 6 heteroatoms. The lowest BCUT2D eigenvalue weighted by Gasteiger charge is -2.13. The molecule has 0 saturated carbocycles. The van der Waals surface area contributed by atoms with Crippen LogP contribution in [0.2, 0.25) is 0 Å². The highest BCUT2D eigenvalue weighted by Gasteiger charge is 2.23. The van der Waals surface area contributed by atoms with Gasteiger partial charge in [0.05, 0.1) is 18.6 Å². The molecule has 1 aromatic heterocycles. The number of aryl methyl sites for hydroxylation is 1. The molecule has 1 amide bonds. The van der Waals surface area contributed by atoms with Gasteiger partial charge >= 0.3 is 0 Å². The molecule has 1 aliphatic carbocycles. The van der Waals surface area contributed by atoms with Gasteiger partial charge < -0.3 is 20.0 Å². The first kappa shape index (κ1) is 15.6. The quantitative estimate of drug-likeness (QED) is 0.932. The number of thiophene rings is 1. The maximum atomic E-state index is 12.5. The molecular weight excluding hydrogens is 314 g/mol. The number of hydrogen-bond donors (Lipinski definition) is 1. The van der Waals surface area contributed by atoms with E-state index in [-0.39, 0.29) is 11.5 Å². The molecule has 0 atom stereocenters. The number of para-hydroxylation sites is 1. The van der Waals surface area contributed by atoms with E-state index in [1.54, 1.807) is 24.3 Å². The molecule has 1 heterocycles. The van der Waals surface area contributed by atoms with Gasteiger partial charge in [-0.3, -0.25) is 4.79 Å². The topological polar surface area (TPSA) is 78.5 Å². The monoisotopic (exact) mass is 330 g/mol. The fraction of sp³-hybridized carbons (Fsp3) is 0.294. The molecule has 3 rings (SSSR count). The highest BCUT2D eigenvalue weighted by molar-refractivity contribution is 7.17. The average molecular weight is 330 g/mol. The van der Waals surface area contributed by atoms with Crippen LogP contribution >= 0.6 is 11.3 Å². The van der Waals surface area contributed by atoms with Crippen molar-refractivity contribution in [2.75, 3.05) is 12.4 Å². The van der Waals surface area contributed by atoms with Crippen LogP contribution in [0.1, 0.15) is 44.0 Å². The van der Waals surface area contributed by atoms with Crippen LogP contribution in [0.5, 0.6) is 5.75 Å². The van der Waals surface area contributed by atoms with E-state index in [4.69, 9.17) is 4.74 Å². The normalized spacial score (nSPS) is 13.3. The van der Waals surface area contributed by atoms with Crippen LogP contribution in [0.3, 0.4) is 0 Å². The van der Waals surface area contributed by atoms with E-state index in [0.717, 1.165) is 36.1 Å². The van der Waals surface area contributed by atoms with Crippen LogP contribution in [0.15, 0.2) is 24.3 Å². The number of carboxylic acids is 1. The van der Waals surface area contributed by atoms with Crippen molar-refractivity contribution in [2.24, 2.45) is 0 Å². The second-order valence-corrected chi connectivity index (χ2v) is 6.46. The fourth-order valence-electron chi connectivity index (χ4n) is 2.87. The summed E-state index contributed by atoms with van der Waals surface area (Å²) in [4.78, 5) is 25.0. The van der Waals surface area contributed by atoms with Crippen molar-refractivity contribution in [3.8, 4) is 5.75 Å². The third-order valence-corrected chi connectivity index (χ3v) is 5.16. The molecule has 1 aromatic carbocycles. The first-order chi connectivity index (χ1) is 11.1. The number of carboxylic acid groups (broad SMARTS) is 1. The van der Waals surface area contributed by atoms with E-state index in [9.17, 15) is 14.7 Å². The number of methoxy groups -OCH3 is 1. The Balaban J connectivity index is 1.95. The van der Waals surface area contributed by atoms with Gasteiger partial charge in [0.1, 0.15) is 10.8 Å². The molecule has 0 spiro atoms. The van der Waals surface area contributed by atoms with Gasteiger partial charge in [-0.1, -0.05) is 12.1 Å². The Hall–Kier alpha value is -2.34. The van der Waals surface area contributed by atoms with Gasteiger partial charge in [0, 0.05) is 10.4 Å². The minimum Gasteiger partial charge on any atom is -0.545 e. The van der Waals surface area contributed by atoms with E-state index in [2.05, 4.69) is 5.32 Å². The van der Waals surface area contributed by atoms with Crippen molar-refractivity contribution >= 4 is 28.2 Å². The summed E-state index contributed by atoms with van der Waals surface area (Å²) in [6.45, 7) is 0. The third-order valence-electron chi connectivity index (χ3n) is 3.95. The number of benzene rings is 1. The van der Waals surface area contributed by atoms with Crippen molar-refractivity contribution in [3.63, 3.8) is 0 Å². The van der Waals surface area contributed by atoms with Gasteiger partial charge in [0.2, 0.25) is 0 Å². The van der Waals surface area contributed by atoms with Crippen molar-refractivity contribution in [1.29, 1.82) is 0 Å². The van der Waals surface area contributed by atoms with Gasteiger partial charge in [0.25, 0.3) is 5.91 Å². The van der Waals surface area contributed by atoms with Crippen LogP contribution in [0.4, 0.5) is 5.00 Å². The number of amides is 1. The number of fused-ring (bicyclic) bond motifs is 1. The first-order valence-electron chi connectivity index (χ1n) is 7.42. The van der Waals surface area contributed by atoms with E-state index in [1.165, 1.54) is 18.4 Å². The summed E-state index contributed by atoms with van der Waals surface area (Å²) in [6.07, 6.45) is 3.58. The summed E-state index contributed by atoms with van der Waals surface area (Å²) in [7, 11) is 1.49. The SMILES string of the molecule is COc1ccccc1C(=O)Nc1sc2c(c1C(=O)[O-])CCCC2. The summed E-state index contributed by atoms with van der Waals surface area (Å²) in [6, 6.07) is 6.83. The number of hydrogen-bond acceptors (Lipinski definition) is 5. The molecule has 1 N–H and O–H groups in total. The lowest BCUT2D eigenvalue weighted by atomic mass is 9.95. The Bertz CT molecular complexity index is 766. The summed E-state index contributed by atoms with van der Waals surface area (Å²) in [5.74, 6) is -1.18. The summed E-state index contributed by atoms with van der Waals surface area (Å²) < 4.78 is 5.18. The highest BCUT2D eigenvalue weighted by atomic mass is 32.1. The molecule has 0 radical (unpaired) electrons. The zero-order valence-electron chi connectivity index (χ0n) is 12.7. The van der Waals surface area contributed by atoms with Crippen LogP contribution in [0.25, 0.3) is 0 Å². The van der Waals surface area contributed by atoms with Gasteiger partial charge in [-0.15, -0.1) is 11.3 Å². The Labute approximate surface area is 137 Å². The Morgan fingerprint density at radius 2 is 1.96 bits per heavy atom. The second kappa shape index (κ2) is 6.42. The molecule has 5 nitrogen and oxygen atoms in total. The number of ether oxygens (including phenoxy) is 1. The Morgan fingerprint density at radius 1 is 1.22 bits per heavy atom. The van der Waals surface area contributed by atoms with E-state index in [0.29, 0.717) is 16.3 Å². The maximum absolute atomic E-state index is 12.5. The molecule has 2 aromatic rings. The molecule has 120 valence electrons. The van der Waals surface area contributed by atoms with Gasteiger partial charge in [-0.2, -0.15) is 0 Å². The van der Waals surface area contributed by atoms with E-state index in [1.807, 2.05) is 0 Å². The molecule has 0 bridgehead atoms. The number of nitrogens with one attached hydrogen (secondary N) is 1.